The number of carboxylic acid groups (broad SMARTS) is 7. The van der Waals surface area contributed by atoms with Crippen molar-refractivity contribution in [2.75, 3.05) is 91.6 Å². The van der Waals surface area contributed by atoms with Crippen LogP contribution in [0.15, 0.2) is 60.7 Å². The second-order valence-corrected chi connectivity index (χ2v) is 20.1. The van der Waals surface area contributed by atoms with Crippen LogP contribution >= 0.6 is 0 Å². The van der Waals surface area contributed by atoms with Crippen molar-refractivity contribution in [3.8, 4) is 0 Å². The molecular formula is C54H77N11O20Y. The number of nitrogens with one attached hydrogen (secondary N) is 7. The maximum absolute atomic E-state index is 14.4. The molecule has 0 aromatic heterocycles. The first-order chi connectivity index (χ1) is 40.4. The number of aliphatic carboxylic acids is 7. The molecule has 32 heteroatoms. The van der Waals surface area contributed by atoms with Crippen molar-refractivity contribution in [1.29, 1.82) is 0 Å². The van der Waals surface area contributed by atoms with E-state index in [4.69, 9.17) is 5.11 Å². The van der Waals surface area contributed by atoms with Gasteiger partial charge < -0.3 is 73.0 Å². The maximum atomic E-state index is 14.4. The molecule has 0 aliphatic carbocycles. The van der Waals surface area contributed by atoms with Crippen molar-refractivity contribution in [2.24, 2.45) is 0 Å². The van der Waals surface area contributed by atoms with Gasteiger partial charge in [-0.2, -0.15) is 0 Å². The zero-order chi connectivity index (χ0) is 62.8. The molecule has 1 radical (unpaired) electrons. The SMILES string of the molecule is O=C(O)CC[C@H](NC(=O)N[C@@H](CCCCNC(=O)CCC(=O)NCCC(NC(=O)C(Cc1ccccc1)NC(=O)C(Cc1ccccc1)NC(=O)CN1CCN(CC(=O)O)CCN(CC(=O)O)CCN(CC(=O)O)CC1)C(=O)O)C(=O)O)C(=O)O.[89Y]. The fourth-order valence-electron chi connectivity index (χ4n) is 8.75. The Morgan fingerprint density at radius 1 is 0.372 bits per heavy atom. The summed E-state index contributed by atoms with van der Waals surface area (Å²) in [6.07, 6.45) is -1.85. The van der Waals surface area contributed by atoms with Gasteiger partial charge in [-0.3, -0.25) is 62.8 Å². The topological polar surface area (TPSA) is 461 Å². The molecule has 1 aliphatic heterocycles. The van der Waals surface area contributed by atoms with Crippen LogP contribution in [-0.4, -0.2) is 255 Å². The van der Waals surface area contributed by atoms with Crippen LogP contribution in [0.4, 0.5) is 4.79 Å². The smallest absolute Gasteiger partial charge is 0.326 e. The molecule has 3 rings (SSSR count). The van der Waals surface area contributed by atoms with E-state index in [1.807, 2.05) is 5.32 Å². The predicted octanol–water partition coefficient (Wildman–Crippen LogP) is -2.87. The van der Waals surface area contributed by atoms with Crippen LogP contribution in [0.5, 0.6) is 0 Å². The first-order valence-electron chi connectivity index (χ1n) is 27.4. The fourth-order valence-corrected chi connectivity index (χ4v) is 8.75. The second kappa shape index (κ2) is 40.6. The summed E-state index contributed by atoms with van der Waals surface area (Å²) in [6.45, 7) is -0.619. The average Bonchev–Trinajstić information content (AvgIpc) is 3.58. The number of carbonyl (C=O) groups is 13. The van der Waals surface area contributed by atoms with Crippen molar-refractivity contribution in [3.05, 3.63) is 71.8 Å². The standard InChI is InChI=1S/C54H77N11O20.Y/c66-42(55-19-8-7-13-37(51(79)80)60-54(85)61-38(52(81)82)14-17-45(69)70)15-16-43(67)56-20-18-39(53(83)84)58-50(78)41(30-36-11-5-2-6-12-36)59-49(77)40(29-35-9-3-1-4-10-35)57-44(68)31-62-21-23-63(32-46(71)72)25-27-65(34-48(75)76)28-26-64(24-22-62)33-47(73)74;/h1-6,9-12,37-41H,7-8,13-34H2,(H,55,66)(H,56,67)(H,57,68)(H,58,78)(H,59,77)(H,69,70)(H,71,72)(H,73,74)(H,75,76)(H,79,80)(H,81,82)(H,83,84)(H2,60,61,85);/t37-,38-,39?,40?,41?;/m0./s1/i;1+0. The van der Waals surface area contributed by atoms with Gasteiger partial charge in [0.1, 0.15) is 30.2 Å². The van der Waals surface area contributed by atoms with Gasteiger partial charge in [0.2, 0.25) is 29.5 Å². The Bertz CT molecular complexity index is 2560. The van der Waals surface area contributed by atoms with Crippen LogP contribution in [0.1, 0.15) is 62.5 Å². The number of carboxylic acids is 7. The van der Waals surface area contributed by atoms with E-state index in [-0.39, 0.29) is 176 Å². The van der Waals surface area contributed by atoms with Crippen LogP contribution in [-0.2, 0) is 103 Å². The molecule has 86 heavy (non-hydrogen) atoms. The minimum Gasteiger partial charge on any atom is -0.481 e. The van der Waals surface area contributed by atoms with Crippen molar-refractivity contribution in [1.82, 2.24) is 56.8 Å². The third kappa shape index (κ3) is 32.0. The zero-order valence-corrected chi connectivity index (χ0v) is 50.3. The number of nitrogens with zero attached hydrogens (tertiary/aromatic N) is 4. The molecule has 31 nitrogen and oxygen atoms in total. The Labute approximate surface area is 520 Å². The number of hydrogen-bond donors (Lipinski definition) is 14. The first kappa shape index (κ1) is 74.4. The quantitative estimate of drug-likeness (QED) is 0.0305. The summed E-state index contributed by atoms with van der Waals surface area (Å²) in [5, 5.41) is 83.6. The van der Waals surface area contributed by atoms with Crippen molar-refractivity contribution >= 4 is 77.4 Å². The summed E-state index contributed by atoms with van der Waals surface area (Å²) >= 11 is 0. The summed E-state index contributed by atoms with van der Waals surface area (Å²) in [5.74, 6) is -12.7. The van der Waals surface area contributed by atoms with Gasteiger partial charge in [0.15, 0.2) is 0 Å². The average molecular weight is 1290 g/mol. The van der Waals surface area contributed by atoms with Crippen molar-refractivity contribution < 1.29 is 131 Å². The number of rotatable bonds is 36. The predicted molar refractivity (Wildman–Crippen MR) is 297 cm³/mol. The Kier molecular flexibility index (Phi) is 35.1. The monoisotopic (exact) mass is 1290 g/mol. The van der Waals surface area contributed by atoms with Gasteiger partial charge in [-0.05, 0) is 43.2 Å². The van der Waals surface area contributed by atoms with Gasteiger partial charge in [0.25, 0.3) is 0 Å². The second-order valence-electron chi connectivity index (χ2n) is 20.1. The summed E-state index contributed by atoms with van der Waals surface area (Å²) in [5.41, 5.74) is 1.19. The van der Waals surface area contributed by atoms with Crippen LogP contribution < -0.4 is 37.2 Å². The van der Waals surface area contributed by atoms with Crippen molar-refractivity contribution in [2.45, 2.75) is 94.4 Å². The molecular weight excluding hydrogens is 1210 g/mol. The van der Waals surface area contributed by atoms with Gasteiger partial charge in [-0.1, -0.05) is 60.7 Å². The number of benzene rings is 2. The molecule has 5 atom stereocenters. The molecule has 7 amide bonds. The molecule has 1 saturated heterocycles. The Balaban J connectivity index is 0.0000252. The van der Waals surface area contributed by atoms with E-state index >= 15 is 0 Å². The largest absolute Gasteiger partial charge is 0.481 e. The van der Waals surface area contributed by atoms with Gasteiger partial charge in [-0.15, -0.1) is 0 Å². The van der Waals surface area contributed by atoms with Crippen LogP contribution in [0.3, 0.4) is 0 Å². The molecule has 1 heterocycles. The molecule has 0 bridgehead atoms. The van der Waals surface area contributed by atoms with Crippen LogP contribution in [0.2, 0.25) is 0 Å². The van der Waals surface area contributed by atoms with E-state index in [0.717, 1.165) is 0 Å². The van der Waals surface area contributed by atoms with Crippen molar-refractivity contribution in [3.63, 3.8) is 0 Å². The maximum Gasteiger partial charge on any atom is 0.326 e. The third-order valence-electron chi connectivity index (χ3n) is 13.3. The van der Waals surface area contributed by atoms with E-state index in [0.29, 0.717) is 11.1 Å². The van der Waals surface area contributed by atoms with E-state index < -0.39 is 120 Å². The third-order valence-corrected chi connectivity index (χ3v) is 13.3. The summed E-state index contributed by atoms with van der Waals surface area (Å²) in [6, 6.07) is 8.57. The van der Waals surface area contributed by atoms with Gasteiger partial charge >= 0.3 is 47.8 Å². The molecule has 1 fully saturated rings. The van der Waals surface area contributed by atoms with Crippen LogP contribution in [0.25, 0.3) is 0 Å². The van der Waals surface area contributed by atoms with E-state index in [2.05, 4.69) is 31.9 Å². The number of amides is 7. The molecule has 3 unspecified atom stereocenters. The Morgan fingerprint density at radius 2 is 0.733 bits per heavy atom. The van der Waals surface area contributed by atoms with Gasteiger partial charge in [0.05, 0.1) is 26.2 Å². The normalized spacial score (nSPS) is 15.3. The number of hydrogen-bond acceptors (Lipinski definition) is 17. The molecule has 14 N–H and O–H groups in total. The molecule has 2 aromatic carbocycles. The minimum absolute atomic E-state index is 0. The van der Waals surface area contributed by atoms with Gasteiger partial charge in [0, 0.05) is 130 Å². The Morgan fingerprint density at radius 3 is 1.13 bits per heavy atom. The summed E-state index contributed by atoms with van der Waals surface area (Å²) in [7, 11) is 0. The fraction of sp³-hybridized carbons (Fsp3) is 0.537. The number of unbranched alkanes of at least 4 members (excludes halogenated alkanes) is 1. The molecule has 471 valence electrons. The number of urea groups is 1. The zero-order valence-electron chi connectivity index (χ0n) is 47.4. The summed E-state index contributed by atoms with van der Waals surface area (Å²) in [4.78, 5) is 168. The van der Waals surface area contributed by atoms with E-state index in [9.17, 15) is 93.0 Å². The van der Waals surface area contributed by atoms with Crippen LogP contribution in [0, 0.1) is 0 Å². The van der Waals surface area contributed by atoms with E-state index in [1.54, 1.807) is 80.3 Å². The summed E-state index contributed by atoms with van der Waals surface area (Å²) < 4.78 is 0. The molecule has 1 aliphatic rings. The number of carbonyl (C=O) groups excluding carboxylic acids is 6. The molecule has 2 aromatic rings. The molecule has 0 saturated carbocycles. The Hall–Kier alpha value is -7.71. The van der Waals surface area contributed by atoms with E-state index in [1.165, 1.54) is 0 Å². The minimum atomic E-state index is -1.59. The van der Waals surface area contributed by atoms with Gasteiger partial charge in [-0.25, -0.2) is 19.2 Å². The first-order valence-corrected chi connectivity index (χ1v) is 27.4. The molecule has 0 spiro atoms.